The van der Waals surface area contributed by atoms with Crippen molar-refractivity contribution in [2.75, 3.05) is 19.0 Å². The van der Waals surface area contributed by atoms with Gasteiger partial charge < -0.3 is 10.0 Å². The van der Waals surface area contributed by atoms with E-state index in [9.17, 15) is 14.3 Å². The van der Waals surface area contributed by atoms with Crippen molar-refractivity contribution in [3.63, 3.8) is 0 Å². The number of hydrogen-bond acceptors (Lipinski definition) is 4. The molecule has 0 unspecified atom stereocenters. The predicted molar refractivity (Wildman–Crippen MR) is 73.7 cm³/mol. The molecule has 0 spiro atoms. The summed E-state index contributed by atoms with van der Waals surface area (Å²) < 4.78 is 13.8. The van der Waals surface area contributed by atoms with E-state index in [2.05, 4.69) is 10.2 Å². The van der Waals surface area contributed by atoms with Gasteiger partial charge in [0.25, 0.3) is 0 Å². The number of hydrogen-bond donors (Lipinski definition) is 1. The fourth-order valence-electron chi connectivity index (χ4n) is 1.70. The first-order valence-electron chi connectivity index (χ1n) is 5.64. The molecule has 0 aliphatic carbocycles. The Bertz CT molecular complexity index is 677. The quantitative estimate of drug-likeness (QED) is 0.943. The second-order valence-electron chi connectivity index (χ2n) is 4.29. The molecule has 0 saturated carbocycles. The van der Waals surface area contributed by atoms with Crippen LogP contribution in [0.5, 0.6) is 0 Å². The minimum absolute atomic E-state index is 0.0561. The van der Waals surface area contributed by atoms with Crippen LogP contribution in [0.3, 0.4) is 0 Å². The third-order valence-electron chi connectivity index (χ3n) is 2.63. The summed E-state index contributed by atoms with van der Waals surface area (Å²) in [6.45, 7) is 0. The van der Waals surface area contributed by atoms with Gasteiger partial charge in [0.15, 0.2) is 5.82 Å². The van der Waals surface area contributed by atoms with Crippen molar-refractivity contribution in [2.24, 2.45) is 0 Å². The summed E-state index contributed by atoms with van der Waals surface area (Å²) in [7, 11) is 3.30. The van der Waals surface area contributed by atoms with Crippen LogP contribution in [0.1, 0.15) is 10.4 Å². The Morgan fingerprint density at radius 3 is 2.60 bits per heavy atom. The first-order chi connectivity index (χ1) is 9.40. The lowest BCUT2D eigenvalue weighted by Crippen LogP contribution is -2.16. The minimum Gasteiger partial charge on any atom is -0.478 e. The van der Waals surface area contributed by atoms with E-state index in [0.29, 0.717) is 5.02 Å². The molecule has 0 fully saturated rings. The highest BCUT2D eigenvalue weighted by atomic mass is 35.5. The van der Waals surface area contributed by atoms with Crippen molar-refractivity contribution in [1.29, 1.82) is 0 Å². The van der Waals surface area contributed by atoms with Gasteiger partial charge in [-0.1, -0.05) is 11.6 Å². The van der Waals surface area contributed by atoms with Gasteiger partial charge in [0, 0.05) is 24.7 Å². The lowest BCUT2D eigenvalue weighted by Gasteiger charge is -2.14. The van der Waals surface area contributed by atoms with Crippen LogP contribution in [0.15, 0.2) is 24.3 Å². The van der Waals surface area contributed by atoms with Crippen LogP contribution in [0.2, 0.25) is 5.02 Å². The van der Waals surface area contributed by atoms with E-state index in [1.807, 2.05) is 0 Å². The van der Waals surface area contributed by atoms with E-state index in [1.165, 1.54) is 29.2 Å². The smallest absolute Gasteiger partial charge is 0.339 e. The van der Waals surface area contributed by atoms with Gasteiger partial charge in [-0.2, -0.15) is 0 Å². The molecule has 0 saturated heterocycles. The van der Waals surface area contributed by atoms with E-state index in [4.69, 9.17) is 11.6 Å². The number of rotatable bonds is 3. The molecule has 0 aliphatic rings. The Hall–Kier alpha value is -2.21. The highest BCUT2D eigenvalue weighted by Crippen LogP contribution is 2.26. The summed E-state index contributed by atoms with van der Waals surface area (Å²) in [6.07, 6.45) is 0. The standard InChI is InChI=1S/C13H11ClFN3O2/c1-18(2)12-9(13(19)20)6-11(16-17-12)8-5-7(14)3-4-10(8)15/h3-6H,1-2H3,(H,19,20). The zero-order valence-corrected chi connectivity index (χ0v) is 11.5. The molecule has 104 valence electrons. The maximum Gasteiger partial charge on any atom is 0.339 e. The average molecular weight is 296 g/mol. The Balaban J connectivity index is 2.62. The molecular formula is C13H11ClFN3O2. The molecule has 0 amide bonds. The normalized spacial score (nSPS) is 10.4. The number of carboxylic acids is 1. The molecule has 2 aromatic rings. The average Bonchev–Trinajstić information content (AvgIpc) is 2.40. The Morgan fingerprint density at radius 1 is 1.30 bits per heavy atom. The SMILES string of the molecule is CN(C)c1nnc(-c2cc(Cl)ccc2F)cc1C(=O)O. The maximum absolute atomic E-state index is 13.8. The number of carbonyl (C=O) groups is 1. The fourth-order valence-corrected chi connectivity index (χ4v) is 1.87. The van der Waals surface area contributed by atoms with Crippen LogP contribution in [0, 0.1) is 5.82 Å². The number of aromatic nitrogens is 2. The van der Waals surface area contributed by atoms with Gasteiger partial charge in [-0.05, 0) is 24.3 Å². The van der Waals surface area contributed by atoms with Crippen molar-refractivity contribution in [1.82, 2.24) is 10.2 Å². The lowest BCUT2D eigenvalue weighted by atomic mass is 10.1. The number of anilines is 1. The van der Waals surface area contributed by atoms with Gasteiger partial charge in [0.05, 0.1) is 5.69 Å². The molecule has 1 heterocycles. The lowest BCUT2D eigenvalue weighted by molar-refractivity contribution is 0.0697. The highest BCUT2D eigenvalue weighted by Gasteiger charge is 2.17. The third-order valence-corrected chi connectivity index (χ3v) is 2.87. The van der Waals surface area contributed by atoms with Crippen LogP contribution >= 0.6 is 11.6 Å². The van der Waals surface area contributed by atoms with Gasteiger partial charge in [0.1, 0.15) is 11.4 Å². The minimum atomic E-state index is -1.16. The summed E-state index contributed by atoms with van der Waals surface area (Å²) in [5, 5.41) is 17.2. The van der Waals surface area contributed by atoms with Crippen LogP contribution in [-0.2, 0) is 0 Å². The highest BCUT2D eigenvalue weighted by molar-refractivity contribution is 6.30. The first kappa shape index (κ1) is 14.2. The molecule has 1 aromatic heterocycles. The second-order valence-corrected chi connectivity index (χ2v) is 4.73. The Labute approximate surface area is 119 Å². The summed E-state index contributed by atoms with van der Waals surface area (Å²) in [4.78, 5) is 12.8. The Kier molecular flexibility index (Phi) is 3.85. The molecule has 5 nitrogen and oxygen atoms in total. The first-order valence-corrected chi connectivity index (χ1v) is 6.01. The van der Waals surface area contributed by atoms with Crippen LogP contribution in [0.4, 0.5) is 10.2 Å². The van der Waals surface area contributed by atoms with Crippen molar-refractivity contribution < 1.29 is 14.3 Å². The zero-order valence-electron chi connectivity index (χ0n) is 10.8. The number of benzene rings is 1. The van der Waals surface area contributed by atoms with Gasteiger partial charge >= 0.3 is 5.97 Å². The monoisotopic (exact) mass is 295 g/mol. The van der Waals surface area contributed by atoms with Gasteiger partial charge in [0.2, 0.25) is 0 Å². The molecule has 1 aromatic carbocycles. The molecule has 1 N–H and O–H groups in total. The van der Waals surface area contributed by atoms with Crippen molar-refractivity contribution >= 4 is 23.4 Å². The van der Waals surface area contributed by atoms with E-state index in [-0.39, 0.29) is 22.6 Å². The molecule has 7 heteroatoms. The maximum atomic E-state index is 13.8. The summed E-state index contributed by atoms with van der Waals surface area (Å²) >= 11 is 5.81. The zero-order chi connectivity index (χ0) is 14.9. The topological polar surface area (TPSA) is 66.3 Å². The van der Waals surface area contributed by atoms with Gasteiger partial charge in [-0.25, -0.2) is 9.18 Å². The van der Waals surface area contributed by atoms with Crippen molar-refractivity contribution in [3.05, 3.63) is 40.7 Å². The molecule has 0 atom stereocenters. The molecule has 0 aliphatic heterocycles. The van der Waals surface area contributed by atoms with Gasteiger partial charge in [-0.15, -0.1) is 10.2 Å². The van der Waals surface area contributed by atoms with Crippen molar-refractivity contribution in [2.45, 2.75) is 0 Å². The van der Waals surface area contributed by atoms with E-state index >= 15 is 0 Å². The number of nitrogens with zero attached hydrogens (tertiary/aromatic N) is 3. The molecular weight excluding hydrogens is 285 g/mol. The van der Waals surface area contributed by atoms with Crippen LogP contribution < -0.4 is 4.90 Å². The predicted octanol–water partition coefficient (Wildman–Crippen LogP) is 2.70. The summed E-state index contributed by atoms with van der Waals surface area (Å²) in [6, 6.07) is 5.25. The van der Waals surface area contributed by atoms with Crippen molar-refractivity contribution in [3.8, 4) is 11.3 Å². The Morgan fingerprint density at radius 2 is 2.00 bits per heavy atom. The molecule has 2 rings (SSSR count). The molecule has 0 bridgehead atoms. The van der Waals surface area contributed by atoms with E-state index < -0.39 is 11.8 Å². The number of halogens is 2. The van der Waals surface area contributed by atoms with Gasteiger partial charge in [-0.3, -0.25) is 0 Å². The fraction of sp³-hybridized carbons (Fsp3) is 0.154. The third kappa shape index (κ3) is 2.70. The molecule has 20 heavy (non-hydrogen) atoms. The van der Waals surface area contributed by atoms with E-state index in [1.54, 1.807) is 14.1 Å². The summed E-state index contributed by atoms with van der Waals surface area (Å²) in [5.41, 5.74) is 0.171. The summed E-state index contributed by atoms with van der Waals surface area (Å²) in [5.74, 6) is -1.51. The van der Waals surface area contributed by atoms with E-state index in [0.717, 1.165) is 0 Å². The number of aromatic carboxylic acids is 1. The molecule has 0 radical (unpaired) electrons. The van der Waals surface area contributed by atoms with Crippen LogP contribution in [0.25, 0.3) is 11.3 Å². The van der Waals surface area contributed by atoms with Crippen LogP contribution in [-0.4, -0.2) is 35.4 Å². The number of carboxylic acid groups (broad SMARTS) is 1. The largest absolute Gasteiger partial charge is 0.478 e. The second kappa shape index (κ2) is 5.42.